The molecule has 3 rings (SSSR count). The lowest BCUT2D eigenvalue weighted by molar-refractivity contribution is -0.126. The number of aromatic nitrogens is 1. The molecule has 1 aliphatic heterocycles. The van der Waals surface area contributed by atoms with E-state index in [4.69, 9.17) is 0 Å². The number of nitrogens with one attached hydrogen (secondary N) is 2. The number of hydrogen-bond acceptors (Lipinski definition) is 4. The van der Waals surface area contributed by atoms with Crippen LogP contribution in [0.4, 0.5) is 0 Å². The summed E-state index contributed by atoms with van der Waals surface area (Å²) < 4.78 is 2.23. The van der Waals surface area contributed by atoms with Gasteiger partial charge in [0, 0.05) is 28.5 Å². The highest BCUT2D eigenvalue weighted by atomic mass is 79.9. The molecule has 0 spiro atoms. The Morgan fingerprint density at radius 3 is 2.77 bits per heavy atom. The number of pyridine rings is 1. The fourth-order valence-electron chi connectivity index (χ4n) is 3.83. The third-order valence-corrected chi connectivity index (χ3v) is 5.88. The van der Waals surface area contributed by atoms with Gasteiger partial charge in [0.25, 0.3) is 5.56 Å². The summed E-state index contributed by atoms with van der Waals surface area (Å²) in [6.07, 6.45) is 3.01. The largest absolute Gasteiger partial charge is 0.356 e. The van der Waals surface area contributed by atoms with Gasteiger partial charge in [-0.3, -0.25) is 14.4 Å². The number of carbonyl (C=O) groups is 2. The molecule has 2 heterocycles. The number of nitrogens with zero attached hydrogens (tertiary/aromatic N) is 2. The maximum absolute atomic E-state index is 13.1. The molecule has 1 aromatic heterocycles. The zero-order chi connectivity index (χ0) is 21.8. The van der Waals surface area contributed by atoms with Crippen LogP contribution < -0.4 is 16.2 Å². The zero-order valence-corrected chi connectivity index (χ0v) is 18.6. The molecule has 0 aliphatic carbocycles. The van der Waals surface area contributed by atoms with Crippen LogP contribution in [0.2, 0.25) is 0 Å². The van der Waals surface area contributed by atoms with Crippen LogP contribution >= 0.6 is 15.9 Å². The summed E-state index contributed by atoms with van der Waals surface area (Å²) in [6.45, 7) is 4.55. The lowest BCUT2D eigenvalue weighted by Crippen LogP contribution is -2.43. The van der Waals surface area contributed by atoms with Crippen molar-refractivity contribution in [3.05, 3.63) is 45.3 Å². The maximum atomic E-state index is 13.1. The van der Waals surface area contributed by atoms with Gasteiger partial charge in [-0.15, -0.1) is 0 Å². The number of rotatable bonds is 7. The lowest BCUT2D eigenvalue weighted by Gasteiger charge is -2.23. The Balaban J connectivity index is 1.88. The highest BCUT2D eigenvalue weighted by Crippen LogP contribution is 2.22. The van der Waals surface area contributed by atoms with E-state index in [1.54, 1.807) is 12.3 Å². The molecule has 2 amide bonds. The predicted molar refractivity (Wildman–Crippen MR) is 118 cm³/mol. The molecule has 30 heavy (non-hydrogen) atoms. The minimum absolute atomic E-state index is 0.0837. The summed E-state index contributed by atoms with van der Waals surface area (Å²) >= 11 is 3.39. The smallest absolute Gasteiger partial charge is 0.259 e. The average Bonchev–Trinajstić information content (AvgIpc) is 3.11. The summed E-state index contributed by atoms with van der Waals surface area (Å²) in [6, 6.07) is 7.83. The summed E-state index contributed by atoms with van der Waals surface area (Å²) in [5, 5.41) is 16.3. The van der Waals surface area contributed by atoms with Crippen LogP contribution in [-0.2, 0) is 9.59 Å². The number of nitriles is 1. The van der Waals surface area contributed by atoms with E-state index in [2.05, 4.69) is 32.6 Å². The number of amides is 2. The third-order valence-electron chi connectivity index (χ3n) is 5.38. The number of benzene rings is 1. The molecule has 0 radical (unpaired) electrons. The van der Waals surface area contributed by atoms with Crippen LogP contribution in [0.15, 0.2) is 39.7 Å². The summed E-state index contributed by atoms with van der Waals surface area (Å²) in [5.74, 6) is -0.587. The van der Waals surface area contributed by atoms with Gasteiger partial charge in [0.05, 0.1) is 6.07 Å². The molecule has 1 aromatic carbocycles. The zero-order valence-electron chi connectivity index (χ0n) is 17.0. The van der Waals surface area contributed by atoms with Crippen LogP contribution in [0, 0.1) is 23.2 Å². The Bertz CT molecular complexity index is 1060. The number of halogens is 1. The minimum Gasteiger partial charge on any atom is -0.356 e. The van der Waals surface area contributed by atoms with Crippen molar-refractivity contribution in [1.29, 1.82) is 5.26 Å². The standard InChI is InChI=1S/C22H25BrN4O3/c1-13(2)9-19(21(29)26-17(12-24)10-15-5-7-25-20(15)28)27-8-6-14-3-4-16(23)11-18(14)22(27)30/h3-4,6,8,11,13,15,17,19H,5,7,9-10H2,1-2H3,(H,25,28)(H,26,29)/t15?,17-,19?/m0/s1. The first kappa shape index (κ1) is 22.0. The van der Waals surface area contributed by atoms with E-state index in [1.807, 2.05) is 32.0 Å². The van der Waals surface area contributed by atoms with Crippen molar-refractivity contribution in [3.63, 3.8) is 0 Å². The molecule has 1 aliphatic rings. The number of carbonyl (C=O) groups excluding carboxylic acids is 2. The molecular weight excluding hydrogens is 448 g/mol. The highest BCUT2D eigenvalue weighted by Gasteiger charge is 2.30. The lowest BCUT2D eigenvalue weighted by atomic mass is 9.98. The molecule has 2 aromatic rings. The molecule has 1 fully saturated rings. The molecule has 2 unspecified atom stereocenters. The van der Waals surface area contributed by atoms with Gasteiger partial charge in [-0.1, -0.05) is 35.8 Å². The second-order valence-electron chi connectivity index (χ2n) is 8.11. The number of fused-ring (bicyclic) bond motifs is 1. The normalized spacial score (nSPS) is 18.1. The van der Waals surface area contributed by atoms with Gasteiger partial charge >= 0.3 is 0 Å². The van der Waals surface area contributed by atoms with Gasteiger partial charge in [-0.05, 0) is 48.8 Å². The quantitative estimate of drug-likeness (QED) is 0.646. The molecule has 0 saturated carbocycles. The Labute approximate surface area is 183 Å². The Morgan fingerprint density at radius 1 is 1.37 bits per heavy atom. The Kier molecular flexibility index (Phi) is 6.93. The van der Waals surface area contributed by atoms with Crippen molar-refractivity contribution < 1.29 is 9.59 Å². The van der Waals surface area contributed by atoms with Crippen molar-refractivity contribution in [3.8, 4) is 6.07 Å². The van der Waals surface area contributed by atoms with Crippen LogP contribution in [-0.4, -0.2) is 29.0 Å². The molecule has 1 saturated heterocycles. The Morgan fingerprint density at radius 2 is 2.13 bits per heavy atom. The predicted octanol–water partition coefficient (Wildman–Crippen LogP) is 2.89. The van der Waals surface area contributed by atoms with Crippen molar-refractivity contribution in [2.75, 3.05) is 6.54 Å². The van der Waals surface area contributed by atoms with E-state index < -0.39 is 12.1 Å². The van der Waals surface area contributed by atoms with Gasteiger partial charge in [-0.2, -0.15) is 5.26 Å². The second-order valence-corrected chi connectivity index (χ2v) is 9.02. The first-order valence-electron chi connectivity index (χ1n) is 10.1. The molecule has 2 N–H and O–H groups in total. The highest BCUT2D eigenvalue weighted by molar-refractivity contribution is 9.10. The third kappa shape index (κ3) is 4.90. The van der Waals surface area contributed by atoms with Gasteiger partial charge in [0.1, 0.15) is 12.1 Å². The van der Waals surface area contributed by atoms with E-state index in [0.29, 0.717) is 24.8 Å². The fourth-order valence-corrected chi connectivity index (χ4v) is 4.19. The average molecular weight is 473 g/mol. The molecular formula is C22H25BrN4O3. The van der Waals surface area contributed by atoms with Crippen molar-refractivity contribution >= 4 is 38.5 Å². The first-order valence-corrected chi connectivity index (χ1v) is 10.9. The van der Waals surface area contributed by atoms with Gasteiger partial charge in [-0.25, -0.2) is 0 Å². The second kappa shape index (κ2) is 9.43. The molecule has 3 atom stereocenters. The van der Waals surface area contributed by atoms with Gasteiger partial charge in [0.15, 0.2) is 0 Å². The van der Waals surface area contributed by atoms with Crippen LogP contribution in [0.25, 0.3) is 10.8 Å². The summed E-state index contributed by atoms with van der Waals surface area (Å²) in [4.78, 5) is 38.1. The first-order chi connectivity index (χ1) is 14.3. The van der Waals surface area contributed by atoms with Crippen LogP contribution in [0.5, 0.6) is 0 Å². The summed E-state index contributed by atoms with van der Waals surface area (Å²) in [5.41, 5.74) is -0.252. The molecule has 158 valence electrons. The molecule has 0 bridgehead atoms. The van der Waals surface area contributed by atoms with E-state index >= 15 is 0 Å². The van der Waals surface area contributed by atoms with Crippen molar-refractivity contribution in [2.45, 2.75) is 45.2 Å². The van der Waals surface area contributed by atoms with Crippen LogP contribution in [0.1, 0.15) is 39.2 Å². The minimum atomic E-state index is -0.786. The summed E-state index contributed by atoms with van der Waals surface area (Å²) in [7, 11) is 0. The Hall–Kier alpha value is -2.66. The van der Waals surface area contributed by atoms with Gasteiger partial charge in [0.2, 0.25) is 11.8 Å². The van der Waals surface area contributed by atoms with Crippen molar-refractivity contribution in [1.82, 2.24) is 15.2 Å². The van der Waals surface area contributed by atoms with Crippen LogP contribution in [0.3, 0.4) is 0 Å². The van der Waals surface area contributed by atoms with E-state index in [9.17, 15) is 19.6 Å². The number of hydrogen-bond donors (Lipinski definition) is 2. The van der Waals surface area contributed by atoms with Crippen molar-refractivity contribution in [2.24, 2.45) is 11.8 Å². The van der Waals surface area contributed by atoms with E-state index in [0.717, 1.165) is 9.86 Å². The fraction of sp³-hybridized carbons (Fsp3) is 0.455. The topological polar surface area (TPSA) is 104 Å². The molecule has 8 heteroatoms. The van der Waals surface area contributed by atoms with E-state index in [-0.39, 0.29) is 35.6 Å². The van der Waals surface area contributed by atoms with Gasteiger partial charge < -0.3 is 15.2 Å². The SMILES string of the molecule is CC(C)CC(C(=O)N[C@H](C#N)CC1CCNC1=O)n1ccc2ccc(Br)cc2c1=O. The molecule has 7 nitrogen and oxygen atoms in total. The monoisotopic (exact) mass is 472 g/mol. The van der Waals surface area contributed by atoms with E-state index in [1.165, 1.54) is 4.57 Å². The maximum Gasteiger partial charge on any atom is 0.259 e.